The maximum atomic E-state index is 12.4. The molecule has 0 bridgehead atoms. The van der Waals surface area contributed by atoms with Crippen molar-refractivity contribution in [1.82, 2.24) is 0 Å². The van der Waals surface area contributed by atoms with Crippen molar-refractivity contribution in [3.8, 4) is 11.5 Å². The average Bonchev–Trinajstić information content (AvgIpc) is 2.60. The maximum Gasteiger partial charge on any atom is 0.379 e. The van der Waals surface area contributed by atoms with Crippen LogP contribution in [0.2, 0.25) is 0 Å². The van der Waals surface area contributed by atoms with Crippen molar-refractivity contribution in [1.29, 1.82) is 0 Å². The molecular formula is C20H25NO9. The van der Waals surface area contributed by atoms with Gasteiger partial charge in [-0.3, -0.25) is 24.5 Å². The highest BCUT2D eigenvalue weighted by atomic mass is 16.6. The van der Waals surface area contributed by atoms with Crippen LogP contribution in [0.4, 0.5) is 5.69 Å². The Balaban J connectivity index is 3.68. The van der Waals surface area contributed by atoms with Gasteiger partial charge in [0.1, 0.15) is 0 Å². The van der Waals surface area contributed by atoms with Crippen LogP contribution in [0.5, 0.6) is 11.5 Å². The maximum absolute atomic E-state index is 12.4. The highest BCUT2D eigenvalue weighted by Gasteiger charge is 2.34. The van der Waals surface area contributed by atoms with Gasteiger partial charge < -0.3 is 14.2 Å². The number of esters is 3. The third kappa shape index (κ3) is 6.10. The molecule has 0 saturated carbocycles. The average molecular weight is 423 g/mol. The van der Waals surface area contributed by atoms with E-state index >= 15 is 0 Å². The number of nitro benzene ring substituents is 1. The fourth-order valence-corrected chi connectivity index (χ4v) is 1.85. The number of carbonyl (C=O) groups is 4. The van der Waals surface area contributed by atoms with Crippen LogP contribution in [0.25, 0.3) is 0 Å². The molecule has 10 nitrogen and oxygen atoms in total. The lowest BCUT2D eigenvalue weighted by Gasteiger charge is -2.20. The van der Waals surface area contributed by atoms with Crippen LogP contribution in [0.15, 0.2) is 12.1 Å². The van der Waals surface area contributed by atoms with Gasteiger partial charge in [0.05, 0.1) is 22.4 Å². The highest BCUT2D eigenvalue weighted by Crippen LogP contribution is 2.40. The first-order chi connectivity index (χ1) is 13.6. The van der Waals surface area contributed by atoms with Crippen molar-refractivity contribution >= 4 is 29.4 Å². The van der Waals surface area contributed by atoms with Gasteiger partial charge in [0.15, 0.2) is 5.75 Å². The number of nitrogens with zero attached hydrogens (tertiary/aromatic N) is 1. The molecule has 164 valence electrons. The van der Waals surface area contributed by atoms with Crippen LogP contribution < -0.4 is 9.47 Å². The highest BCUT2D eigenvalue weighted by molar-refractivity contribution is 6.40. The van der Waals surface area contributed by atoms with Crippen molar-refractivity contribution in [2.45, 2.75) is 48.5 Å². The van der Waals surface area contributed by atoms with Gasteiger partial charge in [-0.15, -0.1) is 0 Å². The van der Waals surface area contributed by atoms with Crippen molar-refractivity contribution < 1.29 is 38.3 Å². The van der Waals surface area contributed by atoms with Gasteiger partial charge >= 0.3 is 23.6 Å². The van der Waals surface area contributed by atoms with Crippen LogP contribution in [0.1, 0.15) is 58.8 Å². The molecule has 0 unspecified atom stereocenters. The summed E-state index contributed by atoms with van der Waals surface area (Å²) in [6.07, 6.45) is 0. The Morgan fingerprint density at radius 2 is 1.43 bits per heavy atom. The largest absolute Gasteiger partial charge is 0.460 e. The van der Waals surface area contributed by atoms with E-state index in [1.807, 2.05) is 0 Å². The second-order valence-electron chi connectivity index (χ2n) is 8.41. The number of ether oxygens (including phenoxy) is 3. The number of benzene rings is 1. The number of ketones is 1. The zero-order chi connectivity index (χ0) is 23.4. The number of hydrogen-bond acceptors (Lipinski definition) is 9. The van der Waals surface area contributed by atoms with Gasteiger partial charge in [-0.05, 0) is 54.5 Å². The minimum atomic E-state index is -1.24. The number of carbonyl (C=O) groups excluding carboxylic acids is 4. The fourth-order valence-electron chi connectivity index (χ4n) is 1.85. The topological polar surface area (TPSA) is 139 Å². The summed E-state index contributed by atoms with van der Waals surface area (Å²) < 4.78 is 15.0. The summed E-state index contributed by atoms with van der Waals surface area (Å²) in [5.74, 6) is -5.22. The first-order valence-electron chi connectivity index (χ1n) is 9.08. The monoisotopic (exact) mass is 423 g/mol. The molecule has 1 aromatic carbocycles. The molecule has 0 aliphatic carbocycles. The lowest BCUT2D eigenvalue weighted by atomic mass is 9.97. The molecule has 30 heavy (non-hydrogen) atoms. The normalized spacial score (nSPS) is 11.4. The Morgan fingerprint density at radius 1 is 0.933 bits per heavy atom. The molecule has 0 aromatic heterocycles. The van der Waals surface area contributed by atoms with E-state index < -0.39 is 62.2 Å². The standard InChI is InChI=1S/C20H25NO9/c1-8-28-16(23)14(22)11-9-12(21(26)27)15(30-18(25)20(5,6)7)13(10-11)29-17(24)19(2,3)4/h9-10H,8H2,1-7H3. The van der Waals surface area contributed by atoms with E-state index in [9.17, 15) is 29.3 Å². The second kappa shape index (κ2) is 9.02. The Morgan fingerprint density at radius 3 is 1.87 bits per heavy atom. The minimum absolute atomic E-state index is 0.0835. The lowest BCUT2D eigenvalue weighted by molar-refractivity contribution is -0.385. The van der Waals surface area contributed by atoms with Crippen molar-refractivity contribution in [3.63, 3.8) is 0 Å². The summed E-state index contributed by atoms with van der Waals surface area (Å²) in [7, 11) is 0. The van der Waals surface area contributed by atoms with Crippen LogP contribution in [0, 0.1) is 20.9 Å². The van der Waals surface area contributed by atoms with Crippen molar-refractivity contribution in [2.75, 3.05) is 6.61 Å². The Hall–Kier alpha value is -3.30. The first kappa shape index (κ1) is 24.7. The summed E-state index contributed by atoms with van der Waals surface area (Å²) >= 11 is 0. The molecule has 1 aromatic rings. The molecule has 0 atom stereocenters. The van der Waals surface area contributed by atoms with Crippen LogP contribution in [-0.4, -0.2) is 35.2 Å². The van der Waals surface area contributed by atoms with Crippen LogP contribution >= 0.6 is 0 Å². The summed E-state index contributed by atoms with van der Waals surface area (Å²) in [5.41, 5.74) is -3.31. The molecule has 0 N–H and O–H groups in total. The number of rotatable bonds is 6. The van der Waals surface area contributed by atoms with Gasteiger partial charge in [-0.25, -0.2) is 4.79 Å². The van der Waals surface area contributed by atoms with E-state index in [2.05, 4.69) is 4.74 Å². The van der Waals surface area contributed by atoms with E-state index in [0.29, 0.717) is 0 Å². The van der Waals surface area contributed by atoms with Crippen molar-refractivity contribution in [2.24, 2.45) is 10.8 Å². The summed E-state index contributed by atoms with van der Waals surface area (Å²) in [6.45, 7) is 10.6. The molecule has 10 heteroatoms. The predicted octanol–water partition coefficient (Wildman–Crippen LogP) is 3.24. The third-order valence-corrected chi connectivity index (χ3v) is 3.58. The Labute approximate surface area is 173 Å². The summed E-state index contributed by atoms with van der Waals surface area (Å²) in [5, 5.41) is 11.6. The van der Waals surface area contributed by atoms with Gasteiger partial charge in [-0.2, -0.15) is 0 Å². The second-order valence-corrected chi connectivity index (χ2v) is 8.41. The van der Waals surface area contributed by atoms with Crippen molar-refractivity contribution in [3.05, 3.63) is 27.8 Å². The molecule has 0 radical (unpaired) electrons. The van der Waals surface area contributed by atoms with E-state index in [1.165, 1.54) is 48.5 Å². The molecule has 0 spiro atoms. The molecular weight excluding hydrogens is 398 g/mol. The minimum Gasteiger partial charge on any atom is -0.460 e. The van der Waals surface area contributed by atoms with Gasteiger partial charge in [-0.1, -0.05) is 0 Å². The number of hydrogen-bond donors (Lipinski definition) is 0. The Bertz CT molecular complexity index is 889. The van der Waals surface area contributed by atoms with E-state index in [0.717, 1.165) is 12.1 Å². The number of Topliss-reactive ketones (excluding diaryl/α,β-unsaturated/α-hetero) is 1. The van der Waals surface area contributed by atoms with E-state index in [-0.39, 0.29) is 6.61 Å². The first-order valence-corrected chi connectivity index (χ1v) is 9.08. The SMILES string of the molecule is CCOC(=O)C(=O)c1cc(OC(=O)C(C)(C)C)c(OC(=O)C(C)(C)C)c([N+](=O)[O-])c1. The Kier molecular flexibility index (Phi) is 7.44. The molecule has 0 heterocycles. The third-order valence-electron chi connectivity index (χ3n) is 3.58. The van der Waals surface area contributed by atoms with Gasteiger partial charge in [0, 0.05) is 11.6 Å². The quantitative estimate of drug-likeness (QED) is 0.168. The van der Waals surface area contributed by atoms with Crippen LogP contribution in [0.3, 0.4) is 0 Å². The number of nitro groups is 1. The molecule has 0 aliphatic rings. The van der Waals surface area contributed by atoms with Crippen LogP contribution in [-0.2, 0) is 19.1 Å². The molecule has 1 rings (SSSR count). The molecule has 0 aliphatic heterocycles. The van der Waals surface area contributed by atoms with E-state index in [1.54, 1.807) is 0 Å². The predicted molar refractivity (Wildman–Crippen MR) is 104 cm³/mol. The zero-order valence-electron chi connectivity index (χ0n) is 18.0. The molecule has 0 fully saturated rings. The zero-order valence-corrected chi connectivity index (χ0v) is 18.0. The fraction of sp³-hybridized carbons (Fsp3) is 0.500. The summed E-state index contributed by atoms with van der Waals surface area (Å²) in [6, 6.07) is 1.69. The van der Waals surface area contributed by atoms with Gasteiger partial charge in [0.25, 0.3) is 11.5 Å². The summed E-state index contributed by atoms with van der Waals surface area (Å²) in [4.78, 5) is 59.4. The smallest absolute Gasteiger partial charge is 0.379 e. The lowest BCUT2D eigenvalue weighted by Crippen LogP contribution is -2.28. The van der Waals surface area contributed by atoms with Gasteiger partial charge in [0.2, 0.25) is 0 Å². The van der Waals surface area contributed by atoms with E-state index in [4.69, 9.17) is 9.47 Å². The molecule has 0 amide bonds. The molecule has 0 saturated heterocycles.